The number of nitrogens with zero attached hydrogens (tertiary/aromatic N) is 1. The molecule has 1 fully saturated rings. The molecule has 2 atom stereocenters. The van der Waals surface area contributed by atoms with Crippen LogP contribution in [0.3, 0.4) is 0 Å². The van der Waals surface area contributed by atoms with E-state index in [9.17, 15) is 4.79 Å². The summed E-state index contributed by atoms with van der Waals surface area (Å²) < 4.78 is 5.87. The molecule has 2 aromatic carbocycles. The van der Waals surface area contributed by atoms with E-state index in [1.807, 2.05) is 43.3 Å². The summed E-state index contributed by atoms with van der Waals surface area (Å²) in [6, 6.07) is 12.5. The molecule has 3 heterocycles. The van der Waals surface area contributed by atoms with Gasteiger partial charge in [-0.2, -0.15) is 5.10 Å². The Morgan fingerprint density at radius 3 is 2.57 bits per heavy atom. The minimum absolute atomic E-state index is 0.0871. The Bertz CT molecular complexity index is 1270. The lowest BCUT2D eigenvalue weighted by molar-refractivity contribution is -0.118. The van der Waals surface area contributed by atoms with E-state index in [0.29, 0.717) is 28.8 Å². The molecule has 5 rings (SSSR count). The molecule has 3 aromatic rings. The molecule has 0 spiro atoms. The minimum Gasteiger partial charge on any atom is -0.493 e. The number of fused-ring (bicyclic) bond motifs is 1. The van der Waals surface area contributed by atoms with Gasteiger partial charge in [0, 0.05) is 22.2 Å². The molecule has 0 amide bonds. The fraction of sp³-hybridized carbons (Fsp3) is 0.400. The number of carbonyl (C=O) groups is 1. The van der Waals surface area contributed by atoms with Crippen LogP contribution in [0.4, 0.5) is 0 Å². The SMILES string of the molecule is C/C=C(/C(=O)C1COc2ccc(Cl)cc2C1)c1ccc(-c2cn[nH]c2Cl)cc1C(C)C.CCC1CCN1. The Balaban J connectivity index is 0.000000469. The Labute approximate surface area is 229 Å². The van der Waals surface area contributed by atoms with E-state index in [1.54, 1.807) is 6.20 Å². The number of aromatic amines is 1. The predicted octanol–water partition coefficient (Wildman–Crippen LogP) is 7.49. The van der Waals surface area contributed by atoms with Crippen molar-refractivity contribution in [3.8, 4) is 16.9 Å². The summed E-state index contributed by atoms with van der Waals surface area (Å²) in [5, 5.41) is 11.2. The van der Waals surface area contributed by atoms with Crippen LogP contribution in [0.2, 0.25) is 10.2 Å². The van der Waals surface area contributed by atoms with E-state index in [1.165, 1.54) is 19.4 Å². The van der Waals surface area contributed by atoms with Gasteiger partial charge in [0.25, 0.3) is 0 Å². The van der Waals surface area contributed by atoms with E-state index >= 15 is 0 Å². The average molecular weight is 541 g/mol. The normalized spacial score (nSPS) is 18.8. The van der Waals surface area contributed by atoms with Gasteiger partial charge in [-0.3, -0.25) is 9.89 Å². The van der Waals surface area contributed by atoms with Gasteiger partial charge in [0.1, 0.15) is 10.9 Å². The molecule has 0 aliphatic carbocycles. The molecule has 2 aliphatic rings. The van der Waals surface area contributed by atoms with Crippen LogP contribution >= 0.6 is 23.2 Å². The van der Waals surface area contributed by atoms with Crippen LogP contribution in [0.25, 0.3) is 16.7 Å². The van der Waals surface area contributed by atoms with Crippen LogP contribution in [0.15, 0.2) is 48.7 Å². The average Bonchev–Trinajstić information content (AvgIpc) is 3.29. The van der Waals surface area contributed by atoms with Gasteiger partial charge >= 0.3 is 0 Å². The number of H-pyrrole nitrogens is 1. The summed E-state index contributed by atoms with van der Waals surface area (Å²) in [5.41, 5.74) is 5.55. The second-order valence-corrected chi connectivity index (χ2v) is 10.7. The zero-order valence-electron chi connectivity index (χ0n) is 21.9. The van der Waals surface area contributed by atoms with E-state index < -0.39 is 0 Å². The van der Waals surface area contributed by atoms with Gasteiger partial charge in [0.15, 0.2) is 5.78 Å². The molecule has 1 saturated heterocycles. The lowest BCUT2D eigenvalue weighted by Gasteiger charge is -2.26. The molecule has 0 bridgehead atoms. The Morgan fingerprint density at radius 2 is 2.00 bits per heavy atom. The van der Waals surface area contributed by atoms with Gasteiger partial charge in [-0.05, 0) is 79.1 Å². The highest BCUT2D eigenvalue weighted by Crippen LogP contribution is 2.36. The zero-order valence-corrected chi connectivity index (χ0v) is 23.4. The maximum Gasteiger partial charge on any atom is 0.169 e. The smallest absolute Gasteiger partial charge is 0.169 e. The molecule has 196 valence electrons. The minimum atomic E-state index is -0.250. The Hall–Kier alpha value is -2.60. The fourth-order valence-corrected chi connectivity index (χ4v) is 5.21. The van der Waals surface area contributed by atoms with Crippen LogP contribution in [0, 0.1) is 5.92 Å². The van der Waals surface area contributed by atoms with Crippen LogP contribution in [-0.4, -0.2) is 35.2 Å². The number of ketones is 1. The van der Waals surface area contributed by atoms with Gasteiger partial charge in [0.05, 0.1) is 18.7 Å². The topological polar surface area (TPSA) is 67.0 Å². The van der Waals surface area contributed by atoms with Crippen molar-refractivity contribution in [1.82, 2.24) is 15.5 Å². The van der Waals surface area contributed by atoms with Crippen LogP contribution in [0.5, 0.6) is 5.75 Å². The Kier molecular flexibility index (Phi) is 9.12. The van der Waals surface area contributed by atoms with Crippen molar-refractivity contribution in [2.45, 2.75) is 58.9 Å². The van der Waals surface area contributed by atoms with E-state index in [0.717, 1.165) is 39.6 Å². The van der Waals surface area contributed by atoms with Crippen LogP contribution in [0.1, 0.15) is 63.1 Å². The third kappa shape index (κ3) is 6.28. The number of hydrogen-bond donors (Lipinski definition) is 2. The van der Waals surface area contributed by atoms with Crippen LogP contribution < -0.4 is 10.1 Å². The second-order valence-electron chi connectivity index (χ2n) is 9.93. The zero-order chi connectivity index (χ0) is 26.5. The first-order chi connectivity index (χ1) is 17.8. The Morgan fingerprint density at radius 1 is 1.22 bits per heavy atom. The van der Waals surface area contributed by atoms with E-state index in [-0.39, 0.29) is 17.6 Å². The lowest BCUT2D eigenvalue weighted by Crippen LogP contribution is -2.41. The van der Waals surface area contributed by atoms with Gasteiger partial charge in [-0.15, -0.1) is 0 Å². The summed E-state index contributed by atoms with van der Waals surface area (Å²) in [5.74, 6) is 0.870. The number of benzene rings is 2. The molecule has 2 unspecified atom stereocenters. The van der Waals surface area contributed by atoms with Crippen molar-refractivity contribution < 1.29 is 9.53 Å². The van der Waals surface area contributed by atoms with Gasteiger partial charge in [0.2, 0.25) is 0 Å². The highest BCUT2D eigenvalue weighted by atomic mass is 35.5. The highest BCUT2D eigenvalue weighted by molar-refractivity contribution is 6.32. The van der Waals surface area contributed by atoms with Crippen molar-refractivity contribution in [3.05, 3.63) is 75.5 Å². The molecule has 1 aromatic heterocycles. The van der Waals surface area contributed by atoms with Gasteiger partial charge in [-0.1, -0.05) is 68.2 Å². The summed E-state index contributed by atoms with van der Waals surface area (Å²) in [7, 11) is 0. The van der Waals surface area contributed by atoms with E-state index in [2.05, 4.69) is 42.4 Å². The summed E-state index contributed by atoms with van der Waals surface area (Å²) in [6.07, 6.45) is 6.94. The number of ether oxygens (including phenoxy) is 1. The quantitative estimate of drug-likeness (QED) is 0.318. The molecule has 2 aliphatic heterocycles. The van der Waals surface area contributed by atoms with Crippen molar-refractivity contribution in [3.63, 3.8) is 0 Å². The third-order valence-electron chi connectivity index (χ3n) is 7.14. The largest absolute Gasteiger partial charge is 0.493 e. The first-order valence-electron chi connectivity index (χ1n) is 13.0. The highest BCUT2D eigenvalue weighted by Gasteiger charge is 2.30. The van der Waals surface area contributed by atoms with Crippen molar-refractivity contribution in [2.24, 2.45) is 5.92 Å². The summed E-state index contributed by atoms with van der Waals surface area (Å²) >= 11 is 12.4. The monoisotopic (exact) mass is 539 g/mol. The number of hydrogen-bond acceptors (Lipinski definition) is 4. The number of halogens is 2. The summed E-state index contributed by atoms with van der Waals surface area (Å²) in [6.45, 7) is 9.99. The second kappa shape index (κ2) is 12.3. The molecular weight excluding hydrogens is 505 g/mol. The van der Waals surface area contributed by atoms with Gasteiger partial charge in [-0.25, -0.2) is 0 Å². The molecule has 7 heteroatoms. The third-order valence-corrected chi connectivity index (χ3v) is 7.66. The molecule has 2 N–H and O–H groups in total. The molecule has 0 saturated carbocycles. The van der Waals surface area contributed by atoms with E-state index in [4.69, 9.17) is 27.9 Å². The van der Waals surface area contributed by atoms with Crippen molar-refractivity contribution in [2.75, 3.05) is 13.2 Å². The number of carbonyl (C=O) groups excluding carboxylic acids is 1. The number of Topliss-reactive ketones (excluding diaryl/α,β-unsaturated/α-hetero) is 1. The van der Waals surface area contributed by atoms with Gasteiger partial charge < -0.3 is 10.1 Å². The van der Waals surface area contributed by atoms with Crippen molar-refractivity contribution >= 4 is 34.6 Å². The molecule has 0 radical (unpaired) electrons. The number of aromatic nitrogens is 2. The first-order valence-corrected chi connectivity index (χ1v) is 13.8. The standard InChI is InChI=1S/C25H24Cl2N2O2.C5H11N/c1-4-19(24(30)17-9-16-10-18(26)6-8-23(16)31-13-17)20-7-5-15(11-21(20)14(2)3)22-12-28-29-25(22)27;1-2-5-3-4-6-5/h4-8,10-12,14,17H,9,13H2,1-3H3,(H,28,29);5-6H,2-4H2,1H3/b19-4+;. The first kappa shape index (κ1) is 27.4. The number of allylic oxidation sites excluding steroid dienone is 2. The molecule has 5 nitrogen and oxygen atoms in total. The van der Waals surface area contributed by atoms with Crippen LogP contribution in [-0.2, 0) is 11.2 Å². The lowest BCUT2D eigenvalue weighted by atomic mass is 9.83. The fourth-order valence-electron chi connectivity index (χ4n) is 4.80. The number of rotatable bonds is 6. The summed E-state index contributed by atoms with van der Waals surface area (Å²) in [4.78, 5) is 13.5. The molecular formula is C30H35Cl2N3O2. The molecule has 37 heavy (non-hydrogen) atoms. The van der Waals surface area contributed by atoms with Crippen molar-refractivity contribution in [1.29, 1.82) is 0 Å². The maximum atomic E-state index is 13.5. The maximum absolute atomic E-state index is 13.5. The predicted molar refractivity (Wildman–Crippen MR) is 153 cm³/mol. The number of nitrogens with one attached hydrogen (secondary N) is 2.